The molecule has 0 spiro atoms. The number of aryl methyl sites for hydroxylation is 3. The van der Waals surface area contributed by atoms with Crippen molar-refractivity contribution in [3.05, 3.63) is 40.8 Å². The Morgan fingerprint density at radius 2 is 2.04 bits per heavy atom. The first-order valence-electron chi connectivity index (χ1n) is 7.99. The normalized spacial score (nSPS) is 11.7. The second-order valence-electron chi connectivity index (χ2n) is 5.65. The van der Waals surface area contributed by atoms with Gasteiger partial charge in [0.25, 0.3) is 5.91 Å². The van der Waals surface area contributed by atoms with Gasteiger partial charge in [-0.15, -0.1) is 0 Å². The van der Waals surface area contributed by atoms with Gasteiger partial charge in [0.15, 0.2) is 6.10 Å². The third-order valence-electron chi connectivity index (χ3n) is 3.74. The number of amides is 1. The molecule has 0 saturated heterocycles. The van der Waals surface area contributed by atoms with E-state index in [1.165, 1.54) is 14.0 Å². The fourth-order valence-corrected chi connectivity index (χ4v) is 2.35. The maximum atomic E-state index is 12.4. The molecule has 0 aliphatic rings. The van der Waals surface area contributed by atoms with E-state index in [9.17, 15) is 9.59 Å². The van der Waals surface area contributed by atoms with Crippen molar-refractivity contribution in [1.29, 1.82) is 0 Å². The molecule has 1 aromatic carbocycles. The van der Waals surface area contributed by atoms with E-state index in [-0.39, 0.29) is 5.56 Å². The summed E-state index contributed by atoms with van der Waals surface area (Å²) in [5.41, 5.74) is 2.27. The molecule has 1 amide bonds. The van der Waals surface area contributed by atoms with Crippen LogP contribution in [0.3, 0.4) is 0 Å². The number of nitrogens with zero attached hydrogens (tertiary/aromatic N) is 1. The van der Waals surface area contributed by atoms with Gasteiger partial charge in [-0.25, -0.2) is 4.79 Å². The fraction of sp³-hybridized carbons (Fsp3) is 0.389. The van der Waals surface area contributed by atoms with Gasteiger partial charge in [0, 0.05) is 0 Å². The van der Waals surface area contributed by atoms with Gasteiger partial charge in [-0.3, -0.25) is 4.79 Å². The second-order valence-corrected chi connectivity index (χ2v) is 5.65. The Labute approximate surface area is 146 Å². The van der Waals surface area contributed by atoms with Gasteiger partial charge < -0.3 is 19.3 Å². The first kappa shape index (κ1) is 18.5. The van der Waals surface area contributed by atoms with Gasteiger partial charge in [0.05, 0.1) is 18.5 Å². The zero-order valence-corrected chi connectivity index (χ0v) is 15.0. The predicted molar refractivity (Wildman–Crippen MR) is 91.9 cm³/mol. The number of benzene rings is 1. The Kier molecular flexibility index (Phi) is 5.80. The highest BCUT2D eigenvalue weighted by atomic mass is 16.5. The average molecular weight is 346 g/mol. The molecule has 1 aromatic heterocycles. The molecule has 7 heteroatoms. The van der Waals surface area contributed by atoms with Crippen molar-refractivity contribution in [2.45, 2.75) is 40.2 Å². The Morgan fingerprint density at radius 1 is 1.32 bits per heavy atom. The van der Waals surface area contributed by atoms with Crippen LogP contribution in [0.1, 0.15) is 41.2 Å². The Bertz CT molecular complexity index is 782. The van der Waals surface area contributed by atoms with E-state index in [1.54, 1.807) is 19.1 Å². The molecule has 1 N–H and O–H groups in total. The SMILES string of the molecule is CCc1noc(C)c1C(=O)O[C@@H](C)C(=O)Nc1cc(C)ccc1OC. The minimum Gasteiger partial charge on any atom is -0.495 e. The molecule has 7 nitrogen and oxygen atoms in total. The zero-order chi connectivity index (χ0) is 18.6. The number of esters is 1. The number of carbonyl (C=O) groups is 2. The van der Waals surface area contributed by atoms with Crippen LogP contribution < -0.4 is 10.1 Å². The molecule has 25 heavy (non-hydrogen) atoms. The van der Waals surface area contributed by atoms with E-state index in [1.807, 2.05) is 19.9 Å². The number of methoxy groups -OCH3 is 1. The van der Waals surface area contributed by atoms with Gasteiger partial charge in [0.1, 0.15) is 17.1 Å². The summed E-state index contributed by atoms with van der Waals surface area (Å²) in [4.78, 5) is 24.7. The van der Waals surface area contributed by atoms with Crippen LogP contribution in [-0.4, -0.2) is 30.2 Å². The Balaban J connectivity index is 2.09. The number of ether oxygens (including phenoxy) is 2. The molecule has 0 bridgehead atoms. The molecule has 134 valence electrons. The highest BCUT2D eigenvalue weighted by Gasteiger charge is 2.25. The topological polar surface area (TPSA) is 90.7 Å². The lowest BCUT2D eigenvalue weighted by Gasteiger charge is -2.15. The summed E-state index contributed by atoms with van der Waals surface area (Å²) in [7, 11) is 1.52. The first-order valence-corrected chi connectivity index (χ1v) is 7.99. The molecular weight excluding hydrogens is 324 g/mol. The van der Waals surface area contributed by atoms with Crippen molar-refractivity contribution >= 4 is 17.6 Å². The minimum absolute atomic E-state index is 0.273. The lowest BCUT2D eigenvalue weighted by Crippen LogP contribution is -2.30. The molecule has 0 aliphatic heterocycles. The van der Waals surface area contributed by atoms with E-state index in [0.717, 1.165) is 5.56 Å². The summed E-state index contributed by atoms with van der Waals surface area (Å²) < 4.78 is 15.5. The van der Waals surface area contributed by atoms with Crippen LogP contribution in [0, 0.1) is 13.8 Å². The second kappa shape index (κ2) is 7.83. The lowest BCUT2D eigenvalue weighted by atomic mass is 10.1. The van der Waals surface area contributed by atoms with Crippen molar-refractivity contribution in [3.63, 3.8) is 0 Å². The third kappa shape index (κ3) is 4.17. The van der Waals surface area contributed by atoms with Crippen LogP contribution >= 0.6 is 0 Å². The van der Waals surface area contributed by atoms with Gasteiger partial charge in [0.2, 0.25) is 0 Å². The van der Waals surface area contributed by atoms with E-state index in [0.29, 0.717) is 29.3 Å². The van der Waals surface area contributed by atoms with Crippen LogP contribution in [0.2, 0.25) is 0 Å². The van der Waals surface area contributed by atoms with Crippen molar-refractivity contribution < 1.29 is 23.6 Å². The molecule has 1 atom stereocenters. The zero-order valence-electron chi connectivity index (χ0n) is 15.0. The smallest absolute Gasteiger partial charge is 0.344 e. The molecule has 0 aliphatic carbocycles. The number of aromatic nitrogens is 1. The summed E-state index contributed by atoms with van der Waals surface area (Å²) in [6, 6.07) is 5.42. The molecule has 2 aromatic rings. The molecular formula is C18H22N2O5. The predicted octanol–water partition coefficient (Wildman–Crippen LogP) is 3.05. The van der Waals surface area contributed by atoms with Crippen molar-refractivity contribution in [1.82, 2.24) is 5.16 Å². The summed E-state index contributed by atoms with van der Waals surface area (Å²) in [6.07, 6.45) is -0.459. The summed E-state index contributed by atoms with van der Waals surface area (Å²) in [5.74, 6) is -0.186. The van der Waals surface area contributed by atoms with Crippen LogP contribution in [-0.2, 0) is 16.0 Å². The maximum absolute atomic E-state index is 12.4. The summed E-state index contributed by atoms with van der Waals surface area (Å²) >= 11 is 0. The highest BCUT2D eigenvalue weighted by molar-refractivity contribution is 5.98. The monoisotopic (exact) mass is 346 g/mol. The van der Waals surface area contributed by atoms with E-state index >= 15 is 0 Å². The van der Waals surface area contributed by atoms with Gasteiger partial charge in [-0.1, -0.05) is 18.1 Å². The standard InChI is InChI=1S/C18H22N2O5/c1-6-13-16(11(3)25-20-13)18(22)24-12(4)17(21)19-14-9-10(2)7-8-15(14)23-5/h7-9,12H,6H2,1-5H3,(H,19,21)/t12-/m0/s1. The molecule has 1 heterocycles. The minimum atomic E-state index is -0.989. The number of rotatable bonds is 6. The third-order valence-corrected chi connectivity index (χ3v) is 3.74. The number of anilines is 1. The average Bonchev–Trinajstić information content (AvgIpc) is 2.95. The largest absolute Gasteiger partial charge is 0.495 e. The van der Waals surface area contributed by atoms with E-state index in [4.69, 9.17) is 14.0 Å². The van der Waals surface area contributed by atoms with Crippen LogP contribution in [0.4, 0.5) is 5.69 Å². The highest BCUT2D eigenvalue weighted by Crippen LogP contribution is 2.25. The van der Waals surface area contributed by atoms with Crippen LogP contribution in [0.15, 0.2) is 22.7 Å². The summed E-state index contributed by atoms with van der Waals surface area (Å²) in [6.45, 7) is 6.89. The van der Waals surface area contributed by atoms with E-state index in [2.05, 4.69) is 10.5 Å². The van der Waals surface area contributed by atoms with Gasteiger partial charge in [-0.05, 0) is 44.9 Å². The number of nitrogens with one attached hydrogen (secondary N) is 1. The van der Waals surface area contributed by atoms with Gasteiger partial charge in [-0.2, -0.15) is 0 Å². The van der Waals surface area contributed by atoms with Crippen LogP contribution in [0.25, 0.3) is 0 Å². The van der Waals surface area contributed by atoms with E-state index < -0.39 is 18.0 Å². The molecule has 2 rings (SSSR count). The Morgan fingerprint density at radius 3 is 2.68 bits per heavy atom. The first-order chi connectivity index (χ1) is 11.9. The number of carbonyl (C=O) groups excluding carboxylic acids is 2. The quantitative estimate of drug-likeness (QED) is 0.809. The maximum Gasteiger partial charge on any atom is 0.344 e. The number of hydrogen-bond acceptors (Lipinski definition) is 6. The molecule has 0 fully saturated rings. The van der Waals surface area contributed by atoms with Crippen molar-refractivity contribution in [3.8, 4) is 5.75 Å². The molecule has 0 radical (unpaired) electrons. The lowest BCUT2D eigenvalue weighted by molar-refractivity contribution is -0.123. The Hall–Kier alpha value is -2.83. The fourth-order valence-electron chi connectivity index (χ4n) is 2.35. The molecule has 0 unspecified atom stereocenters. The molecule has 0 saturated carbocycles. The van der Waals surface area contributed by atoms with Crippen molar-refractivity contribution in [2.75, 3.05) is 12.4 Å². The number of hydrogen-bond donors (Lipinski definition) is 1. The van der Waals surface area contributed by atoms with Crippen LogP contribution in [0.5, 0.6) is 5.75 Å². The van der Waals surface area contributed by atoms with Gasteiger partial charge >= 0.3 is 5.97 Å². The summed E-state index contributed by atoms with van der Waals surface area (Å²) in [5, 5.41) is 6.53. The van der Waals surface area contributed by atoms with Crippen molar-refractivity contribution in [2.24, 2.45) is 0 Å².